The lowest BCUT2D eigenvalue weighted by Crippen LogP contribution is -2.42. The molecule has 0 aromatic heterocycles. The molecule has 1 amide bonds. The fraction of sp³-hybridized carbons (Fsp3) is 0.588. The molecule has 0 spiro atoms. The van der Waals surface area contributed by atoms with Crippen molar-refractivity contribution in [3.8, 4) is 0 Å². The molecule has 2 heterocycles. The lowest BCUT2D eigenvalue weighted by Gasteiger charge is -2.33. The van der Waals surface area contributed by atoms with Crippen LogP contribution in [0.4, 0.5) is 4.39 Å². The van der Waals surface area contributed by atoms with E-state index in [2.05, 4.69) is 5.32 Å². The summed E-state index contributed by atoms with van der Waals surface area (Å²) in [5.74, 6) is -0.0549. The number of carbonyl (C=O) groups is 1. The summed E-state index contributed by atoms with van der Waals surface area (Å²) < 4.78 is 18.7. The molecule has 2 saturated heterocycles. The molecule has 2 aliphatic heterocycles. The highest BCUT2D eigenvalue weighted by Gasteiger charge is 2.26. The summed E-state index contributed by atoms with van der Waals surface area (Å²) in [6.45, 7) is 2.82. The van der Waals surface area contributed by atoms with Gasteiger partial charge in [0.1, 0.15) is 11.9 Å². The van der Waals surface area contributed by atoms with E-state index >= 15 is 0 Å². The molecule has 2 aliphatic rings. The van der Waals surface area contributed by atoms with Crippen molar-refractivity contribution in [2.24, 2.45) is 0 Å². The molecule has 4 nitrogen and oxygen atoms in total. The predicted molar refractivity (Wildman–Crippen MR) is 89.2 cm³/mol. The van der Waals surface area contributed by atoms with E-state index < -0.39 is 0 Å². The van der Waals surface area contributed by atoms with E-state index in [9.17, 15) is 9.18 Å². The Morgan fingerprint density at radius 3 is 2.83 bits per heavy atom. The first-order valence-electron chi connectivity index (χ1n) is 8.10. The predicted octanol–water partition coefficient (Wildman–Crippen LogP) is 2.68. The molecule has 0 bridgehead atoms. The lowest BCUT2D eigenvalue weighted by atomic mass is 10.1. The van der Waals surface area contributed by atoms with Crippen molar-refractivity contribution in [3.63, 3.8) is 0 Å². The number of hydrogen-bond acceptors (Lipinski definition) is 3. The van der Waals surface area contributed by atoms with E-state index in [4.69, 9.17) is 4.74 Å². The quantitative estimate of drug-likeness (QED) is 0.914. The minimum Gasteiger partial charge on any atom is -0.370 e. The second kappa shape index (κ2) is 8.62. The van der Waals surface area contributed by atoms with Crippen LogP contribution in [-0.2, 0) is 9.53 Å². The molecule has 0 aliphatic carbocycles. The van der Waals surface area contributed by atoms with Crippen LogP contribution >= 0.6 is 12.4 Å². The van der Waals surface area contributed by atoms with Gasteiger partial charge in [-0.25, -0.2) is 4.39 Å². The van der Waals surface area contributed by atoms with Crippen molar-refractivity contribution in [3.05, 3.63) is 35.6 Å². The highest BCUT2D eigenvalue weighted by Crippen LogP contribution is 2.23. The van der Waals surface area contributed by atoms with Crippen molar-refractivity contribution in [1.82, 2.24) is 10.2 Å². The van der Waals surface area contributed by atoms with Crippen LogP contribution in [-0.4, -0.2) is 43.1 Å². The smallest absolute Gasteiger partial charge is 0.222 e. The maximum Gasteiger partial charge on any atom is 0.222 e. The van der Waals surface area contributed by atoms with Gasteiger partial charge < -0.3 is 15.0 Å². The molecule has 2 atom stereocenters. The van der Waals surface area contributed by atoms with Gasteiger partial charge in [-0.3, -0.25) is 4.79 Å². The number of ether oxygens (including phenoxy) is 1. The molecule has 1 aromatic rings. The highest BCUT2D eigenvalue weighted by atomic mass is 35.5. The SMILES string of the molecule is Cl.O=C(CCC1CCCN1)N1CCOC(c2ccc(F)cc2)C1. The van der Waals surface area contributed by atoms with Crippen LogP contribution in [0.15, 0.2) is 24.3 Å². The third-order valence-electron chi connectivity index (χ3n) is 4.53. The highest BCUT2D eigenvalue weighted by molar-refractivity contribution is 5.85. The van der Waals surface area contributed by atoms with Gasteiger partial charge in [0, 0.05) is 19.0 Å². The number of nitrogens with one attached hydrogen (secondary N) is 1. The molecule has 6 heteroatoms. The molecule has 1 aromatic carbocycles. The van der Waals surface area contributed by atoms with Crippen LogP contribution < -0.4 is 5.32 Å². The Balaban J connectivity index is 0.00000192. The topological polar surface area (TPSA) is 41.6 Å². The zero-order valence-electron chi connectivity index (χ0n) is 13.2. The van der Waals surface area contributed by atoms with Crippen LogP contribution in [0.5, 0.6) is 0 Å². The van der Waals surface area contributed by atoms with Crippen molar-refractivity contribution < 1.29 is 13.9 Å². The van der Waals surface area contributed by atoms with Crippen LogP contribution in [0.2, 0.25) is 0 Å². The molecule has 3 rings (SSSR count). The average Bonchev–Trinajstić information content (AvgIpc) is 3.07. The van der Waals surface area contributed by atoms with Gasteiger partial charge in [0.25, 0.3) is 0 Å². The summed E-state index contributed by atoms with van der Waals surface area (Å²) in [4.78, 5) is 14.2. The first-order valence-corrected chi connectivity index (χ1v) is 8.10. The van der Waals surface area contributed by atoms with Gasteiger partial charge in [-0.2, -0.15) is 0 Å². The van der Waals surface area contributed by atoms with E-state index in [0.29, 0.717) is 32.2 Å². The Labute approximate surface area is 142 Å². The van der Waals surface area contributed by atoms with Crippen LogP contribution in [0, 0.1) is 5.82 Å². The number of hydrogen-bond donors (Lipinski definition) is 1. The standard InChI is InChI=1S/C17H23FN2O2.ClH/c18-14-5-3-13(4-6-14)16-12-20(10-11-22-16)17(21)8-7-15-2-1-9-19-15;/h3-6,15-16,19H,1-2,7-12H2;1H. The van der Waals surface area contributed by atoms with Gasteiger partial charge in [-0.1, -0.05) is 12.1 Å². The molecule has 2 unspecified atom stereocenters. The fourth-order valence-electron chi connectivity index (χ4n) is 3.21. The number of rotatable bonds is 4. The molecule has 0 radical (unpaired) electrons. The molecule has 0 saturated carbocycles. The minimum absolute atomic E-state index is 0. The Hall–Kier alpha value is -1.17. The molecule has 1 N–H and O–H groups in total. The summed E-state index contributed by atoms with van der Waals surface area (Å²) in [7, 11) is 0. The van der Waals surface area contributed by atoms with Crippen molar-refractivity contribution in [2.45, 2.75) is 37.8 Å². The van der Waals surface area contributed by atoms with Gasteiger partial charge in [-0.05, 0) is 43.5 Å². The third kappa shape index (κ3) is 4.90. The number of benzene rings is 1. The van der Waals surface area contributed by atoms with E-state index in [-0.39, 0.29) is 30.2 Å². The molecular formula is C17H24ClFN2O2. The zero-order valence-corrected chi connectivity index (χ0v) is 14.0. The summed E-state index contributed by atoms with van der Waals surface area (Å²) >= 11 is 0. The van der Waals surface area contributed by atoms with Gasteiger partial charge in [-0.15, -0.1) is 12.4 Å². The molecule has 23 heavy (non-hydrogen) atoms. The largest absolute Gasteiger partial charge is 0.370 e. The first kappa shape index (κ1) is 18.2. The minimum atomic E-state index is -0.253. The number of morpholine rings is 1. The Morgan fingerprint density at radius 1 is 1.35 bits per heavy atom. The summed E-state index contributed by atoms with van der Waals surface area (Å²) in [6, 6.07) is 6.83. The summed E-state index contributed by atoms with van der Waals surface area (Å²) in [6.07, 6.45) is 3.74. The number of carbonyl (C=O) groups excluding carboxylic acids is 1. The Kier molecular flexibility index (Phi) is 6.81. The lowest BCUT2D eigenvalue weighted by molar-refractivity contribution is -0.139. The maximum atomic E-state index is 13.0. The summed E-state index contributed by atoms with van der Waals surface area (Å²) in [5.41, 5.74) is 0.927. The normalized spacial score (nSPS) is 24.3. The number of halogens is 2. The zero-order chi connectivity index (χ0) is 15.4. The monoisotopic (exact) mass is 342 g/mol. The van der Waals surface area contributed by atoms with Crippen LogP contribution in [0.3, 0.4) is 0 Å². The molecule has 128 valence electrons. The first-order chi connectivity index (χ1) is 10.7. The Bertz CT molecular complexity index is 506. The van der Waals surface area contributed by atoms with Crippen molar-refractivity contribution in [1.29, 1.82) is 0 Å². The molecule has 2 fully saturated rings. The van der Waals surface area contributed by atoms with E-state index in [1.807, 2.05) is 4.90 Å². The number of nitrogens with zero attached hydrogens (tertiary/aromatic N) is 1. The van der Waals surface area contributed by atoms with E-state index in [1.54, 1.807) is 12.1 Å². The van der Waals surface area contributed by atoms with Gasteiger partial charge in [0.15, 0.2) is 0 Å². The fourth-order valence-corrected chi connectivity index (χ4v) is 3.21. The molecular weight excluding hydrogens is 319 g/mol. The van der Waals surface area contributed by atoms with Gasteiger partial charge in [0.2, 0.25) is 5.91 Å². The second-order valence-electron chi connectivity index (χ2n) is 6.08. The van der Waals surface area contributed by atoms with Crippen LogP contribution in [0.1, 0.15) is 37.4 Å². The summed E-state index contributed by atoms with van der Waals surface area (Å²) in [5, 5.41) is 3.42. The third-order valence-corrected chi connectivity index (χ3v) is 4.53. The van der Waals surface area contributed by atoms with E-state index in [0.717, 1.165) is 18.5 Å². The van der Waals surface area contributed by atoms with E-state index in [1.165, 1.54) is 25.0 Å². The maximum absolute atomic E-state index is 13.0. The number of amides is 1. The van der Waals surface area contributed by atoms with Crippen LogP contribution in [0.25, 0.3) is 0 Å². The Morgan fingerprint density at radius 2 is 2.13 bits per heavy atom. The van der Waals surface area contributed by atoms with Gasteiger partial charge >= 0.3 is 0 Å². The van der Waals surface area contributed by atoms with Crippen molar-refractivity contribution >= 4 is 18.3 Å². The van der Waals surface area contributed by atoms with Crippen molar-refractivity contribution in [2.75, 3.05) is 26.2 Å². The second-order valence-corrected chi connectivity index (χ2v) is 6.08. The average molecular weight is 343 g/mol. The van der Waals surface area contributed by atoms with Gasteiger partial charge in [0.05, 0.1) is 13.2 Å².